The van der Waals surface area contributed by atoms with Crippen LogP contribution in [-0.2, 0) is 28.2 Å². The van der Waals surface area contributed by atoms with E-state index in [1.165, 1.54) is 128 Å². The molecule has 306 valence electrons. The average molecular weight is 757 g/mol. The zero-order chi connectivity index (χ0) is 38.2. The van der Waals surface area contributed by atoms with Gasteiger partial charge >= 0.3 is 19.8 Å². The SMILES string of the molecule is CCCC/C=C/CCCCCCCC(=O)O[C@H](COC(=O)CCC/C=C/CCCCCCCCCCCCCCCCCCCC)COP(=O)(O)O. The van der Waals surface area contributed by atoms with Crippen LogP contribution in [0.2, 0.25) is 0 Å². The second kappa shape index (κ2) is 39.2. The highest BCUT2D eigenvalue weighted by Crippen LogP contribution is 2.36. The van der Waals surface area contributed by atoms with Crippen molar-refractivity contribution in [3.05, 3.63) is 24.3 Å². The van der Waals surface area contributed by atoms with Gasteiger partial charge in [-0.15, -0.1) is 0 Å². The molecule has 8 nitrogen and oxygen atoms in total. The molecule has 0 saturated carbocycles. The number of phosphoric ester groups is 1. The fraction of sp³-hybridized carbons (Fsp3) is 0.860. The maximum Gasteiger partial charge on any atom is 0.469 e. The van der Waals surface area contributed by atoms with Crippen molar-refractivity contribution < 1.29 is 37.9 Å². The lowest BCUT2D eigenvalue weighted by Gasteiger charge is -2.18. The summed E-state index contributed by atoms with van der Waals surface area (Å²) in [6, 6.07) is 0. The van der Waals surface area contributed by atoms with Gasteiger partial charge in [0.2, 0.25) is 0 Å². The van der Waals surface area contributed by atoms with E-state index < -0.39 is 32.5 Å². The molecule has 0 aliphatic carbocycles. The van der Waals surface area contributed by atoms with Crippen LogP contribution in [0.1, 0.15) is 219 Å². The minimum absolute atomic E-state index is 0.198. The summed E-state index contributed by atoms with van der Waals surface area (Å²) in [7, 11) is -4.76. The molecular formula is C43H81O8P. The molecule has 0 radical (unpaired) electrons. The number of carbonyl (C=O) groups is 2. The Morgan fingerprint density at radius 1 is 0.481 bits per heavy atom. The summed E-state index contributed by atoms with van der Waals surface area (Å²) >= 11 is 0. The Bertz CT molecular complexity index is 900. The van der Waals surface area contributed by atoms with E-state index in [0.717, 1.165) is 51.4 Å². The topological polar surface area (TPSA) is 119 Å². The summed E-state index contributed by atoms with van der Waals surface area (Å²) in [5.74, 6) is -0.927. The summed E-state index contributed by atoms with van der Waals surface area (Å²) in [5, 5.41) is 0. The Morgan fingerprint density at radius 2 is 0.846 bits per heavy atom. The molecule has 52 heavy (non-hydrogen) atoms. The quantitative estimate of drug-likeness (QED) is 0.0274. The molecule has 0 unspecified atom stereocenters. The Morgan fingerprint density at radius 3 is 1.29 bits per heavy atom. The summed E-state index contributed by atoms with van der Waals surface area (Å²) in [6.45, 7) is 3.63. The third-order valence-corrected chi connectivity index (χ3v) is 9.93. The van der Waals surface area contributed by atoms with Gasteiger partial charge in [0.25, 0.3) is 0 Å². The molecule has 0 aliphatic heterocycles. The molecule has 0 aliphatic rings. The van der Waals surface area contributed by atoms with Gasteiger partial charge in [0.15, 0.2) is 6.10 Å². The van der Waals surface area contributed by atoms with Gasteiger partial charge in [-0.2, -0.15) is 0 Å². The molecule has 0 saturated heterocycles. The van der Waals surface area contributed by atoms with Crippen molar-refractivity contribution in [2.24, 2.45) is 0 Å². The van der Waals surface area contributed by atoms with Crippen LogP contribution in [0.4, 0.5) is 0 Å². The van der Waals surface area contributed by atoms with Gasteiger partial charge in [0, 0.05) is 12.8 Å². The molecule has 0 bridgehead atoms. The van der Waals surface area contributed by atoms with Crippen LogP contribution in [0, 0.1) is 0 Å². The molecule has 2 N–H and O–H groups in total. The number of hydrogen-bond donors (Lipinski definition) is 2. The predicted octanol–water partition coefficient (Wildman–Crippen LogP) is 13.2. The Balaban J connectivity index is 3.83. The average Bonchev–Trinajstić information content (AvgIpc) is 3.11. The zero-order valence-corrected chi connectivity index (χ0v) is 34.6. The summed E-state index contributed by atoms with van der Waals surface area (Å²) in [5.41, 5.74) is 0. The van der Waals surface area contributed by atoms with Crippen molar-refractivity contribution in [2.75, 3.05) is 13.2 Å². The lowest BCUT2D eigenvalue weighted by molar-refractivity contribution is -0.161. The molecule has 0 amide bonds. The zero-order valence-electron chi connectivity index (χ0n) is 33.7. The number of carbonyl (C=O) groups excluding carboxylic acids is 2. The van der Waals surface area contributed by atoms with Gasteiger partial charge < -0.3 is 19.3 Å². The predicted molar refractivity (Wildman–Crippen MR) is 216 cm³/mol. The molecule has 0 rings (SSSR count). The molecular weight excluding hydrogens is 675 g/mol. The van der Waals surface area contributed by atoms with Gasteiger partial charge in [-0.25, -0.2) is 4.57 Å². The summed E-state index contributed by atoms with van der Waals surface area (Å²) < 4.78 is 26.3. The van der Waals surface area contributed by atoms with Gasteiger partial charge in [-0.05, 0) is 51.4 Å². The molecule has 0 heterocycles. The van der Waals surface area contributed by atoms with Crippen LogP contribution in [0.3, 0.4) is 0 Å². The third-order valence-electron chi connectivity index (χ3n) is 9.44. The van der Waals surface area contributed by atoms with Crippen molar-refractivity contribution in [3.63, 3.8) is 0 Å². The van der Waals surface area contributed by atoms with Crippen molar-refractivity contribution in [3.8, 4) is 0 Å². The number of allylic oxidation sites excluding steroid dienone is 4. The second-order valence-electron chi connectivity index (χ2n) is 14.7. The first kappa shape index (κ1) is 50.5. The highest BCUT2D eigenvalue weighted by atomic mass is 31.2. The van der Waals surface area contributed by atoms with Crippen molar-refractivity contribution in [2.45, 2.75) is 225 Å². The number of hydrogen-bond acceptors (Lipinski definition) is 6. The second-order valence-corrected chi connectivity index (χ2v) is 15.9. The molecule has 1 atom stereocenters. The molecule has 0 aromatic rings. The minimum Gasteiger partial charge on any atom is -0.462 e. The largest absolute Gasteiger partial charge is 0.469 e. The Kier molecular flexibility index (Phi) is 38.1. The van der Waals surface area contributed by atoms with Crippen molar-refractivity contribution >= 4 is 19.8 Å². The van der Waals surface area contributed by atoms with E-state index >= 15 is 0 Å². The van der Waals surface area contributed by atoms with E-state index in [0.29, 0.717) is 12.8 Å². The molecule has 0 spiro atoms. The van der Waals surface area contributed by atoms with E-state index in [4.69, 9.17) is 19.3 Å². The van der Waals surface area contributed by atoms with Gasteiger partial charge in [-0.3, -0.25) is 14.1 Å². The Labute approximate surface area is 319 Å². The first-order valence-corrected chi connectivity index (χ1v) is 23.2. The van der Waals surface area contributed by atoms with Gasteiger partial charge in [0.05, 0.1) is 6.61 Å². The molecule has 0 fully saturated rings. The van der Waals surface area contributed by atoms with Crippen LogP contribution in [0.25, 0.3) is 0 Å². The fourth-order valence-corrected chi connectivity index (χ4v) is 6.54. The Hall–Kier alpha value is -1.47. The van der Waals surface area contributed by atoms with E-state index in [1.54, 1.807) is 0 Å². The fourth-order valence-electron chi connectivity index (χ4n) is 6.18. The maximum absolute atomic E-state index is 12.3. The number of rotatable bonds is 40. The van der Waals surface area contributed by atoms with Crippen LogP contribution in [-0.4, -0.2) is 41.0 Å². The van der Waals surface area contributed by atoms with E-state index in [9.17, 15) is 14.2 Å². The lowest BCUT2D eigenvalue weighted by Crippen LogP contribution is -2.29. The molecule has 0 aromatic heterocycles. The van der Waals surface area contributed by atoms with Crippen LogP contribution in [0.15, 0.2) is 24.3 Å². The van der Waals surface area contributed by atoms with Crippen molar-refractivity contribution in [1.29, 1.82) is 0 Å². The number of ether oxygens (including phenoxy) is 2. The van der Waals surface area contributed by atoms with Crippen LogP contribution in [0.5, 0.6) is 0 Å². The normalized spacial score (nSPS) is 12.6. The van der Waals surface area contributed by atoms with Crippen LogP contribution < -0.4 is 0 Å². The first-order valence-electron chi connectivity index (χ1n) is 21.6. The number of unbranched alkanes of at least 4 members (excludes halogenated alkanes) is 26. The number of phosphoric acid groups is 1. The first-order chi connectivity index (χ1) is 25.3. The highest BCUT2D eigenvalue weighted by Gasteiger charge is 2.22. The van der Waals surface area contributed by atoms with Gasteiger partial charge in [-0.1, -0.05) is 179 Å². The van der Waals surface area contributed by atoms with Crippen LogP contribution >= 0.6 is 7.82 Å². The minimum atomic E-state index is -4.76. The van der Waals surface area contributed by atoms with E-state index in [1.807, 2.05) is 0 Å². The monoisotopic (exact) mass is 757 g/mol. The van der Waals surface area contributed by atoms with Crippen molar-refractivity contribution in [1.82, 2.24) is 0 Å². The lowest BCUT2D eigenvalue weighted by atomic mass is 10.0. The van der Waals surface area contributed by atoms with E-state index in [2.05, 4.69) is 42.7 Å². The smallest absolute Gasteiger partial charge is 0.462 e. The summed E-state index contributed by atoms with van der Waals surface area (Å²) in [4.78, 5) is 42.7. The highest BCUT2D eigenvalue weighted by molar-refractivity contribution is 7.46. The molecule has 9 heteroatoms. The maximum atomic E-state index is 12.3. The standard InChI is InChI=1S/C43H81O8P/c1-3-5-7-9-11-13-15-16-17-18-19-20-21-22-23-24-25-26-28-29-31-33-35-37-42(44)49-39-41(40-50-52(46,47)48)51-43(45)38-36-34-32-30-27-14-12-10-8-6-4-2/h10,12,29,31,41H,3-9,11,13-28,30,32-40H2,1-2H3,(H2,46,47,48)/b12-10+,31-29+/t41-/m1/s1. The van der Waals surface area contributed by atoms with Gasteiger partial charge in [0.1, 0.15) is 6.61 Å². The summed E-state index contributed by atoms with van der Waals surface area (Å²) in [6.07, 6.45) is 45.0. The van der Waals surface area contributed by atoms with E-state index in [-0.39, 0.29) is 19.4 Å². The number of esters is 2. The third kappa shape index (κ3) is 41.3. The molecule has 0 aromatic carbocycles.